The fourth-order valence-corrected chi connectivity index (χ4v) is 2.18. The zero-order valence-electron chi connectivity index (χ0n) is 11.0. The first kappa shape index (κ1) is 14.6. The van der Waals surface area contributed by atoms with Crippen molar-refractivity contribution in [3.8, 4) is 5.75 Å². The van der Waals surface area contributed by atoms with Gasteiger partial charge in [0, 0.05) is 11.8 Å². The summed E-state index contributed by atoms with van der Waals surface area (Å²) in [4.78, 5) is 12.1. The number of nitrogens with two attached hydrogens (primary N) is 1. The molecule has 3 N–H and O–H groups in total. The second-order valence-electron chi connectivity index (χ2n) is 4.23. The van der Waals surface area contributed by atoms with E-state index in [-0.39, 0.29) is 5.91 Å². The highest BCUT2D eigenvalue weighted by Gasteiger charge is 2.15. The Balaban J connectivity index is 2.12. The summed E-state index contributed by atoms with van der Waals surface area (Å²) in [5.74, 6) is 0.386. The molecule has 0 spiro atoms. The van der Waals surface area contributed by atoms with Crippen LogP contribution in [0.4, 0.5) is 5.69 Å². The lowest BCUT2D eigenvalue weighted by molar-refractivity contribution is -0.117. The summed E-state index contributed by atoms with van der Waals surface area (Å²) < 4.78 is 6.01. The van der Waals surface area contributed by atoms with Gasteiger partial charge in [-0.05, 0) is 33.6 Å². The Morgan fingerprint density at radius 1 is 1.25 bits per heavy atom. The molecule has 0 radical (unpaired) electrons. The number of hydrogen-bond donors (Lipinski definition) is 2. The molecule has 0 aromatic heterocycles. The second-order valence-corrected chi connectivity index (χ2v) is 5.08. The summed E-state index contributed by atoms with van der Waals surface area (Å²) in [5, 5.41) is 2.78. The number of benzene rings is 2. The molecule has 0 saturated carbocycles. The van der Waals surface area contributed by atoms with E-state index < -0.39 is 6.04 Å². The molecule has 4 nitrogen and oxygen atoms in total. The van der Waals surface area contributed by atoms with Crippen molar-refractivity contribution in [2.75, 3.05) is 12.4 Å². The first-order valence-corrected chi connectivity index (χ1v) is 6.86. The quantitative estimate of drug-likeness (QED) is 0.902. The molecule has 2 aromatic carbocycles. The molecule has 0 fully saturated rings. The van der Waals surface area contributed by atoms with Crippen LogP contribution < -0.4 is 15.8 Å². The van der Waals surface area contributed by atoms with Crippen LogP contribution in [0, 0.1) is 0 Å². The van der Waals surface area contributed by atoms with E-state index in [0.29, 0.717) is 11.4 Å². The van der Waals surface area contributed by atoms with Crippen LogP contribution in [0.5, 0.6) is 5.75 Å². The van der Waals surface area contributed by atoms with Gasteiger partial charge in [-0.1, -0.05) is 30.3 Å². The van der Waals surface area contributed by atoms with Crippen LogP contribution in [-0.4, -0.2) is 13.0 Å². The van der Waals surface area contributed by atoms with Crippen LogP contribution in [0.3, 0.4) is 0 Å². The molecule has 1 amide bonds. The summed E-state index contributed by atoms with van der Waals surface area (Å²) in [5.41, 5.74) is 7.35. The van der Waals surface area contributed by atoms with Crippen molar-refractivity contribution in [3.05, 3.63) is 58.6 Å². The molecule has 0 aliphatic rings. The van der Waals surface area contributed by atoms with Gasteiger partial charge in [-0.3, -0.25) is 4.79 Å². The predicted octanol–water partition coefficient (Wildman–Crippen LogP) is 3.10. The van der Waals surface area contributed by atoms with Gasteiger partial charge in [0.1, 0.15) is 11.8 Å². The number of ether oxygens (including phenoxy) is 1. The van der Waals surface area contributed by atoms with Crippen LogP contribution >= 0.6 is 15.9 Å². The number of amides is 1. The largest absolute Gasteiger partial charge is 0.495 e. The Hall–Kier alpha value is -1.85. The maximum atomic E-state index is 12.1. The molecule has 0 aliphatic heterocycles. The molecule has 2 aromatic rings. The molecule has 0 aliphatic carbocycles. The Morgan fingerprint density at radius 3 is 2.60 bits per heavy atom. The van der Waals surface area contributed by atoms with Gasteiger partial charge in [-0.25, -0.2) is 0 Å². The van der Waals surface area contributed by atoms with E-state index in [9.17, 15) is 4.79 Å². The Morgan fingerprint density at radius 2 is 1.95 bits per heavy atom. The minimum Gasteiger partial charge on any atom is -0.495 e. The van der Waals surface area contributed by atoms with Crippen molar-refractivity contribution in [1.82, 2.24) is 0 Å². The Labute approximate surface area is 126 Å². The van der Waals surface area contributed by atoms with Crippen molar-refractivity contribution in [2.24, 2.45) is 5.73 Å². The third kappa shape index (κ3) is 3.37. The molecule has 0 unspecified atom stereocenters. The molecule has 104 valence electrons. The fraction of sp³-hybridized carbons (Fsp3) is 0.133. The lowest BCUT2D eigenvalue weighted by atomic mass is 10.1. The Kier molecular flexibility index (Phi) is 4.76. The van der Waals surface area contributed by atoms with Crippen LogP contribution in [0.25, 0.3) is 0 Å². The third-order valence-corrected chi connectivity index (χ3v) is 3.51. The van der Waals surface area contributed by atoms with Gasteiger partial charge in [0.15, 0.2) is 0 Å². The highest BCUT2D eigenvalue weighted by atomic mass is 79.9. The van der Waals surface area contributed by atoms with Gasteiger partial charge in [0.05, 0.1) is 11.6 Å². The van der Waals surface area contributed by atoms with E-state index in [2.05, 4.69) is 21.2 Å². The number of nitrogens with one attached hydrogen (secondary N) is 1. The molecule has 0 saturated heterocycles. The molecule has 5 heteroatoms. The highest BCUT2D eigenvalue weighted by Crippen LogP contribution is 2.28. The first-order chi connectivity index (χ1) is 9.61. The van der Waals surface area contributed by atoms with Gasteiger partial charge in [0.25, 0.3) is 0 Å². The average molecular weight is 335 g/mol. The molecular formula is C15H15BrN2O2. The predicted molar refractivity (Wildman–Crippen MR) is 82.7 cm³/mol. The minimum atomic E-state index is -0.703. The maximum absolute atomic E-state index is 12.1. The molecule has 0 bridgehead atoms. The van der Waals surface area contributed by atoms with Gasteiger partial charge in [-0.15, -0.1) is 0 Å². The molecule has 2 rings (SSSR count). The van der Waals surface area contributed by atoms with Gasteiger partial charge in [-0.2, -0.15) is 0 Å². The Bertz CT molecular complexity index is 602. The van der Waals surface area contributed by atoms with Crippen LogP contribution in [-0.2, 0) is 4.79 Å². The summed E-state index contributed by atoms with van der Waals surface area (Å²) in [6.07, 6.45) is 0. The van der Waals surface area contributed by atoms with Gasteiger partial charge in [0.2, 0.25) is 5.91 Å². The average Bonchev–Trinajstić information content (AvgIpc) is 2.49. The number of carbonyl (C=O) groups excluding carboxylic acids is 1. The normalized spacial score (nSPS) is 11.8. The van der Waals surface area contributed by atoms with Crippen molar-refractivity contribution < 1.29 is 9.53 Å². The smallest absolute Gasteiger partial charge is 0.245 e. The second kappa shape index (κ2) is 6.54. The summed E-state index contributed by atoms with van der Waals surface area (Å²) in [6, 6.07) is 13.9. The van der Waals surface area contributed by atoms with Crippen molar-refractivity contribution >= 4 is 27.5 Å². The van der Waals surface area contributed by atoms with Crippen molar-refractivity contribution in [3.63, 3.8) is 0 Å². The standard InChI is InChI=1S/C15H15BrN2O2/c1-20-13-9-11(7-8-12(13)16)18-15(19)14(17)10-5-3-2-4-6-10/h2-9,14H,17H2,1H3,(H,18,19)/t14-/m1/s1. The molecule has 20 heavy (non-hydrogen) atoms. The van der Waals surface area contributed by atoms with E-state index in [0.717, 1.165) is 10.0 Å². The molecule has 0 heterocycles. The van der Waals surface area contributed by atoms with Crippen LogP contribution in [0.2, 0.25) is 0 Å². The SMILES string of the molecule is COc1cc(NC(=O)[C@H](N)c2ccccc2)ccc1Br. The highest BCUT2D eigenvalue weighted by molar-refractivity contribution is 9.10. The monoisotopic (exact) mass is 334 g/mol. The van der Waals surface area contributed by atoms with E-state index in [4.69, 9.17) is 10.5 Å². The van der Waals surface area contributed by atoms with Crippen molar-refractivity contribution in [1.29, 1.82) is 0 Å². The molecule has 1 atom stereocenters. The number of rotatable bonds is 4. The van der Waals surface area contributed by atoms with E-state index in [1.807, 2.05) is 36.4 Å². The minimum absolute atomic E-state index is 0.263. The number of carbonyl (C=O) groups is 1. The summed E-state index contributed by atoms with van der Waals surface area (Å²) >= 11 is 3.36. The van der Waals surface area contributed by atoms with Crippen molar-refractivity contribution in [2.45, 2.75) is 6.04 Å². The van der Waals surface area contributed by atoms with E-state index in [1.165, 1.54) is 0 Å². The lowest BCUT2D eigenvalue weighted by Gasteiger charge is -2.13. The van der Waals surface area contributed by atoms with E-state index in [1.54, 1.807) is 19.2 Å². The van der Waals surface area contributed by atoms with Gasteiger partial charge < -0.3 is 15.8 Å². The maximum Gasteiger partial charge on any atom is 0.245 e. The first-order valence-electron chi connectivity index (χ1n) is 6.06. The fourth-order valence-electron chi connectivity index (χ4n) is 1.77. The number of hydrogen-bond acceptors (Lipinski definition) is 3. The van der Waals surface area contributed by atoms with Crippen LogP contribution in [0.1, 0.15) is 11.6 Å². The lowest BCUT2D eigenvalue weighted by Crippen LogP contribution is -2.27. The van der Waals surface area contributed by atoms with Crippen LogP contribution in [0.15, 0.2) is 53.0 Å². The zero-order chi connectivity index (χ0) is 14.5. The van der Waals surface area contributed by atoms with E-state index >= 15 is 0 Å². The zero-order valence-corrected chi connectivity index (χ0v) is 12.6. The number of anilines is 1. The molecular weight excluding hydrogens is 320 g/mol. The third-order valence-electron chi connectivity index (χ3n) is 2.86. The number of halogens is 1. The van der Waals surface area contributed by atoms with Gasteiger partial charge >= 0.3 is 0 Å². The summed E-state index contributed by atoms with van der Waals surface area (Å²) in [7, 11) is 1.57. The number of methoxy groups -OCH3 is 1. The topological polar surface area (TPSA) is 64.3 Å². The summed E-state index contributed by atoms with van der Waals surface area (Å²) in [6.45, 7) is 0.